The standard InChI is InChI=1S/C21H25FN2O4/c1-26-18-4-6-19(7-5-18)28-15-21(25)24-11-9-23(10-12-24)14-16-13-17(22)3-8-20(16)27-2/h3-8,13H,9-12,14-15H2,1-2H3. The summed E-state index contributed by atoms with van der Waals surface area (Å²) in [7, 11) is 3.18. The maximum absolute atomic E-state index is 13.5. The largest absolute Gasteiger partial charge is 0.497 e. The molecule has 3 rings (SSSR count). The van der Waals surface area contributed by atoms with Crippen LogP contribution in [0.4, 0.5) is 4.39 Å². The van der Waals surface area contributed by atoms with Gasteiger partial charge in [-0.05, 0) is 42.5 Å². The van der Waals surface area contributed by atoms with Crippen molar-refractivity contribution in [2.24, 2.45) is 0 Å². The fraction of sp³-hybridized carbons (Fsp3) is 0.381. The number of hydrogen-bond acceptors (Lipinski definition) is 5. The van der Waals surface area contributed by atoms with Gasteiger partial charge in [0.1, 0.15) is 23.1 Å². The zero-order valence-corrected chi connectivity index (χ0v) is 16.2. The maximum atomic E-state index is 13.5. The molecular weight excluding hydrogens is 363 g/mol. The lowest BCUT2D eigenvalue weighted by atomic mass is 10.1. The number of rotatable bonds is 7. The van der Waals surface area contributed by atoms with Crippen molar-refractivity contribution in [1.82, 2.24) is 9.80 Å². The monoisotopic (exact) mass is 388 g/mol. The van der Waals surface area contributed by atoms with Gasteiger partial charge in [0.05, 0.1) is 14.2 Å². The molecule has 0 saturated carbocycles. The number of ether oxygens (including phenoxy) is 3. The Bertz CT molecular complexity index is 789. The molecule has 0 radical (unpaired) electrons. The minimum absolute atomic E-state index is 0.00402. The van der Waals surface area contributed by atoms with Crippen LogP contribution < -0.4 is 14.2 Å². The van der Waals surface area contributed by atoms with Crippen LogP contribution in [0.3, 0.4) is 0 Å². The molecule has 0 unspecified atom stereocenters. The van der Waals surface area contributed by atoms with Crippen molar-refractivity contribution < 1.29 is 23.4 Å². The molecule has 1 fully saturated rings. The van der Waals surface area contributed by atoms with Gasteiger partial charge in [0.15, 0.2) is 6.61 Å². The molecule has 0 aliphatic carbocycles. The normalized spacial score (nSPS) is 14.6. The Morgan fingerprint density at radius 3 is 2.29 bits per heavy atom. The number of nitrogens with zero attached hydrogens (tertiary/aromatic N) is 2. The van der Waals surface area contributed by atoms with Crippen molar-refractivity contribution in [3.63, 3.8) is 0 Å². The second-order valence-electron chi connectivity index (χ2n) is 6.58. The summed E-state index contributed by atoms with van der Waals surface area (Å²) in [6.45, 7) is 3.25. The third-order valence-electron chi connectivity index (χ3n) is 4.78. The second-order valence-corrected chi connectivity index (χ2v) is 6.58. The van der Waals surface area contributed by atoms with Gasteiger partial charge in [-0.15, -0.1) is 0 Å². The van der Waals surface area contributed by atoms with E-state index in [0.29, 0.717) is 44.2 Å². The number of methoxy groups -OCH3 is 2. The summed E-state index contributed by atoms with van der Waals surface area (Å²) in [5, 5.41) is 0. The number of carbonyl (C=O) groups is 1. The van der Waals surface area contributed by atoms with E-state index in [1.807, 2.05) is 0 Å². The minimum atomic E-state index is -0.278. The molecule has 28 heavy (non-hydrogen) atoms. The topological polar surface area (TPSA) is 51.2 Å². The van der Waals surface area contributed by atoms with E-state index in [0.717, 1.165) is 11.3 Å². The summed E-state index contributed by atoms with van der Waals surface area (Å²) >= 11 is 0. The highest BCUT2D eigenvalue weighted by atomic mass is 19.1. The van der Waals surface area contributed by atoms with Crippen LogP contribution >= 0.6 is 0 Å². The predicted molar refractivity (Wildman–Crippen MR) is 103 cm³/mol. The predicted octanol–water partition coefficient (Wildman–Crippen LogP) is 2.57. The minimum Gasteiger partial charge on any atom is -0.497 e. The van der Waals surface area contributed by atoms with Crippen LogP contribution in [0.25, 0.3) is 0 Å². The molecule has 1 aliphatic heterocycles. The highest BCUT2D eigenvalue weighted by Crippen LogP contribution is 2.22. The number of hydrogen-bond donors (Lipinski definition) is 0. The lowest BCUT2D eigenvalue weighted by molar-refractivity contribution is -0.135. The number of amides is 1. The second kappa shape index (κ2) is 9.41. The van der Waals surface area contributed by atoms with Crippen LogP contribution in [-0.2, 0) is 11.3 Å². The average Bonchev–Trinajstić information content (AvgIpc) is 2.73. The van der Waals surface area contributed by atoms with E-state index in [2.05, 4.69) is 4.90 Å². The van der Waals surface area contributed by atoms with Crippen LogP contribution in [-0.4, -0.2) is 62.7 Å². The van der Waals surface area contributed by atoms with E-state index in [1.54, 1.807) is 49.5 Å². The Morgan fingerprint density at radius 1 is 0.964 bits per heavy atom. The summed E-state index contributed by atoms with van der Waals surface area (Å²) in [4.78, 5) is 16.4. The lowest BCUT2D eigenvalue weighted by Crippen LogP contribution is -2.49. The van der Waals surface area contributed by atoms with Crippen molar-refractivity contribution in [2.45, 2.75) is 6.54 Å². The molecule has 0 spiro atoms. The first-order valence-electron chi connectivity index (χ1n) is 9.18. The molecule has 150 valence electrons. The van der Waals surface area contributed by atoms with Gasteiger partial charge < -0.3 is 19.1 Å². The molecule has 7 heteroatoms. The summed E-state index contributed by atoms with van der Waals surface area (Å²) in [5.74, 6) is 1.72. The number of halogens is 1. The highest BCUT2D eigenvalue weighted by Gasteiger charge is 2.22. The fourth-order valence-corrected chi connectivity index (χ4v) is 3.18. The van der Waals surface area contributed by atoms with Crippen LogP contribution in [0.15, 0.2) is 42.5 Å². The number of benzene rings is 2. The molecule has 2 aromatic carbocycles. The lowest BCUT2D eigenvalue weighted by Gasteiger charge is -2.34. The van der Waals surface area contributed by atoms with Gasteiger partial charge in [-0.3, -0.25) is 9.69 Å². The SMILES string of the molecule is COc1ccc(OCC(=O)N2CCN(Cc3cc(F)ccc3OC)CC2)cc1. The molecule has 0 N–H and O–H groups in total. The Kier molecular flexibility index (Phi) is 6.71. The van der Waals surface area contributed by atoms with E-state index < -0.39 is 0 Å². The first-order chi connectivity index (χ1) is 13.6. The highest BCUT2D eigenvalue weighted by molar-refractivity contribution is 5.77. The number of piperazine rings is 1. The molecule has 1 aliphatic rings. The first-order valence-corrected chi connectivity index (χ1v) is 9.18. The number of carbonyl (C=O) groups excluding carboxylic acids is 1. The van der Waals surface area contributed by atoms with E-state index >= 15 is 0 Å². The Hall–Kier alpha value is -2.80. The van der Waals surface area contributed by atoms with Crippen LogP contribution in [0, 0.1) is 5.82 Å². The third-order valence-corrected chi connectivity index (χ3v) is 4.78. The zero-order chi connectivity index (χ0) is 19.9. The molecule has 1 amide bonds. The van der Waals surface area contributed by atoms with E-state index in [1.165, 1.54) is 12.1 Å². The van der Waals surface area contributed by atoms with Gasteiger partial charge >= 0.3 is 0 Å². The van der Waals surface area contributed by atoms with Crippen molar-refractivity contribution in [3.8, 4) is 17.2 Å². The van der Waals surface area contributed by atoms with E-state index in [9.17, 15) is 9.18 Å². The maximum Gasteiger partial charge on any atom is 0.260 e. The fourth-order valence-electron chi connectivity index (χ4n) is 3.18. The molecule has 0 atom stereocenters. The van der Waals surface area contributed by atoms with Gasteiger partial charge in [-0.25, -0.2) is 4.39 Å². The van der Waals surface area contributed by atoms with Gasteiger partial charge in [0.25, 0.3) is 5.91 Å². The average molecular weight is 388 g/mol. The quantitative estimate of drug-likeness (QED) is 0.730. The Balaban J connectivity index is 1.46. The van der Waals surface area contributed by atoms with E-state index in [-0.39, 0.29) is 18.3 Å². The van der Waals surface area contributed by atoms with Crippen LogP contribution in [0.2, 0.25) is 0 Å². The molecular formula is C21H25FN2O4. The van der Waals surface area contributed by atoms with Crippen molar-refractivity contribution in [3.05, 3.63) is 53.8 Å². The molecule has 2 aromatic rings. The summed E-state index contributed by atoms with van der Waals surface area (Å²) in [5.41, 5.74) is 0.810. The Labute approximate surface area is 164 Å². The Morgan fingerprint density at radius 2 is 1.64 bits per heavy atom. The van der Waals surface area contributed by atoms with Gasteiger partial charge in [-0.2, -0.15) is 0 Å². The summed E-state index contributed by atoms with van der Waals surface area (Å²) < 4.78 is 29.5. The van der Waals surface area contributed by atoms with Crippen LogP contribution in [0.5, 0.6) is 17.2 Å². The molecule has 0 aromatic heterocycles. The van der Waals surface area contributed by atoms with E-state index in [4.69, 9.17) is 14.2 Å². The van der Waals surface area contributed by atoms with Crippen molar-refractivity contribution in [1.29, 1.82) is 0 Å². The van der Waals surface area contributed by atoms with Crippen LogP contribution in [0.1, 0.15) is 5.56 Å². The molecule has 6 nitrogen and oxygen atoms in total. The van der Waals surface area contributed by atoms with Gasteiger partial charge in [0, 0.05) is 38.3 Å². The summed E-state index contributed by atoms with van der Waals surface area (Å²) in [6, 6.07) is 11.7. The van der Waals surface area contributed by atoms with Crippen molar-refractivity contribution in [2.75, 3.05) is 47.0 Å². The first kappa shape index (κ1) is 19.9. The van der Waals surface area contributed by atoms with Crippen molar-refractivity contribution >= 4 is 5.91 Å². The third kappa shape index (κ3) is 5.13. The smallest absolute Gasteiger partial charge is 0.260 e. The molecule has 1 saturated heterocycles. The molecule has 1 heterocycles. The summed E-state index contributed by atoms with van der Waals surface area (Å²) in [6.07, 6.45) is 0. The molecule has 0 bridgehead atoms. The van der Waals surface area contributed by atoms with Gasteiger partial charge in [-0.1, -0.05) is 0 Å². The van der Waals surface area contributed by atoms with Gasteiger partial charge in [0.2, 0.25) is 0 Å². The zero-order valence-electron chi connectivity index (χ0n) is 16.2.